The summed E-state index contributed by atoms with van der Waals surface area (Å²) in [6.45, 7) is 4.11. The first kappa shape index (κ1) is 13.8. The van der Waals surface area contributed by atoms with Gasteiger partial charge < -0.3 is 4.74 Å². The highest BCUT2D eigenvalue weighted by Crippen LogP contribution is 2.07. The molecule has 0 unspecified atom stereocenters. The molecule has 0 atom stereocenters. The van der Waals surface area contributed by atoms with Crippen molar-refractivity contribution < 1.29 is 9.53 Å². The van der Waals surface area contributed by atoms with Gasteiger partial charge in [-0.3, -0.25) is 0 Å². The average Bonchev–Trinajstić information content (AvgIpc) is 2.38. The van der Waals surface area contributed by atoms with Crippen molar-refractivity contribution in [2.75, 3.05) is 12.5 Å². The van der Waals surface area contributed by atoms with E-state index in [1.807, 2.05) is 12.1 Å². The molecule has 3 heteroatoms. The van der Waals surface area contributed by atoms with Crippen molar-refractivity contribution in [3.63, 3.8) is 0 Å². The van der Waals surface area contributed by atoms with Gasteiger partial charge in [-0.15, -0.1) is 11.6 Å². The zero-order chi connectivity index (χ0) is 12.5. The second-order valence-corrected chi connectivity index (χ2v) is 4.09. The Kier molecular flexibility index (Phi) is 6.41. The van der Waals surface area contributed by atoms with Gasteiger partial charge in [0, 0.05) is 5.88 Å². The molecular formula is C14H17ClO2. The lowest BCUT2D eigenvalue weighted by Crippen LogP contribution is -2.06. The van der Waals surface area contributed by atoms with E-state index >= 15 is 0 Å². The normalized spacial score (nSPS) is 9.94. The van der Waals surface area contributed by atoms with E-state index in [2.05, 4.69) is 6.58 Å². The molecule has 1 rings (SSSR count). The van der Waals surface area contributed by atoms with Crippen molar-refractivity contribution in [1.29, 1.82) is 0 Å². The van der Waals surface area contributed by atoms with E-state index in [9.17, 15) is 4.79 Å². The Morgan fingerprint density at radius 1 is 1.24 bits per heavy atom. The van der Waals surface area contributed by atoms with Gasteiger partial charge in [0.25, 0.3) is 0 Å². The molecule has 0 amide bonds. The molecule has 0 spiro atoms. The number of hydrogen-bond acceptors (Lipinski definition) is 2. The Hall–Kier alpha value is -1.28. The molecule has 0 saturated heterocycles. The summed E-state index contributed by atoms with van der Waals surface area (Å²) in [6.07, 6.45) is 4.56. The van der Waals surface area contributed by atoms with Crippen LogP contribution in [-0.2, 0) is 4.74 Å². The largest absolute Gasteiger partial charge is 0.462 e. The molecule has 1 aromatic rings. The average molecular weight is 253 g/mol. The molecule has 0 radical (unpaired) electrons. The van der Waals surface area contributed by atoms with Gasteiger partial charge in [-0.25, -0.2) is 4.79 Å². The maximum absolute atomic E-state index is 11.6. The first-order chi connectivity index (χ1) is 8.27. The molecule has 0 aliphatic heterocycles. The quantitative estimate of drug-likeness (QED) is 0.418. The van der Waals surface area contributed by atoms with Gasteiger partial charge in [-0.2, -0.15) is 0 Å². The second-order valence-electron chi connectivity index (χ2n) is 3.71. The summed E-state index contributed by atoms with van der Waals surface area (Å²) in [5, 5.41) is 0. The van der Waals surface area contributed by atoms with Gasteiger partial charge in [-0.1, -0.05) is 24.8 Å². The number of benzene rings is 1. The molecule has 0 fully saturated rings. The molecule has 0 bridgehead atoms. The van der Waals surface area contributed by atoms with Crippen LogP contribution in [0.2, 0.25) is 0 Å². The minimum atomic E-state index is -0.272. The van der Waals surface area contributed by atoms with Crippen molar-refractivity contribution in [1.82, 2.24) is 0 Å². The van der Waals surface area contributed by atoms with Crippen LogP contribution in [0.1, 0.15) is 35.2 Å². The van der Waals surface area contributed by atoms with Crippen LogP contribution in [0, 0.1) is 0 Å². The third-order valence-electron chi connectivity index (χ3n) is 2.39. The van der Waals surface area contributed by atoms with Crippen LogP contribution in [0.25, 0.3) is 6.08 Å². The number of carbonyl (C=O) groups is 1. The Morgan fingerprint density at radius 3 is 2.53 bits per heavy atom. The summed E-state index contributed by atoms with van der Waals surface area (Å²) in [5.74, 6) is 0.392. The third-order valence-corrected chi connectivity index (χ3v) is 2.66. The topological polar surface area (TPSA) is 26.3 Å². The third kappa shape index (κ3) is 5.05. The fourth-order valence-corrected chi connectivity index (χ4v) is 1.57. The number of halogens is 1. The van der Waals surface area contributed by atoms with Gasteiger partial charge >= 0.3 is 5.97 Å². The maximum Gasteiger partial charge on any atom is 0.338 e. The summed E-state index contributed by atoms with van der Waals surface area (Å²) < 4.78 is 5.14. The number of esters is 1. The summed E-state index contributed by atoms with van der Waals surface area (Å²) in [5.41, 5.74) is 1.57. The highest BCUT2D eigenvalue weighted by Gasteiger charge is 2.05. The smallest absolute Gasteiger partial charge is 0.338 e. The lowest BCUT2D eigenvalue weighted by molar-refractivity contribution is 0.0498. The molecule has 1 aromatic carbocycles. The zero-order valence-electron chi connectivity index (χ0n) is 9.82. The predicted molar refractivity (Wildman–Crippen MR) is 71.4 cm³/mol. The first-order valence-corrected chi connectivity index (χ1v) is 6.27. The highest BCUT2D eigenvalue weighted by molar-refractivity contribution is 6.17. The van der Waals surface area contributed by atoms with Crippen molar-refractivity contribution in [2.45, 2.75) is 19.3 Å². The van der Waals surface area contributed by atoms with E-state index in [-0.39, 0.29) is 5.97 Å². The van der Waals surface area contributed by atoms with Gasteiger partial charge in [0.1, 0.15) is 0 Å². The standard InChI is InChI=1S/C14H17ClO2/c1-2-12-6-8-13(9-7-12)14(16)17-11-5-3-4-10-15/h2,6-9H,1,3-5,10-11H2. The number of hydrogen-bond donors (Lipinski definition) is 0. The van der Waals surface area contributed by atoms with Crippen LogP contribution in [0.3, 0.4) is 0 Å². The molecular weight excluding hydrogens is 236 g/mol. The first-order valence-electron chi connectivity index (χ1n) is 5.73. The van der Waals surface area contributed by atoms with E-state index < -0.39 is 0 Å². The van der Waals surface area contributed by atoms with Crippen LogP contribution in [0.15, 0.2) is 30.8 Å². The molecule has 17 heavy (non-hydrogen) atoms. The van der Waals surface area contributed by atoms with E-state index in [0.29, 0.717) is 18.1 Å². The van der Waals surface area contributed by atoms with E-state index in [0.717, 1.165) is 24.8 Å². The van der Waals surface area contributed by atoms with Crippen molar-refractivity contribution in [2.24, 2.45) is 0 Å². The minimum Gasteiger partial charge on any atom is -0.462 e. The lowest BCUT2D eigenvalue weighted by atomic mass is 10.1. The van der Waals surface area contributed by atoms with Crippen LogP contribution >= 0.6 is 11.6 Å². The number of ether oxygens (including phenoxy) is 1. The summed E-state index contributed by atoms with van der Waals surface area (Å²) in [7, 11) is 0. The van der Waals surface area contributed by atoms with E-state index in [4.69, 9.17) is 16.3 Å². The van der Waals surface area contributed by atoms with Gasteiger partial charge in [0.05, 0.1) is 12.2 Å². The van der Waals surface area contributed by atoms with E-state index in [1.54, 1.807) is 18.2 Å². The molecule has 0 aliphatic rings. The summed E-state index contributed by atoms with van der Waals surface area (Å²) in [6, 6.07) is 7.18. The van der Waals surface area contributed by atoms with Crippen LogP contribution in [0.4, 0.5) is 0 Å². The molecule has 0 aromatic heterocycles. The number of unbranched alkanes of at least 4 members (excludes halogenated alkanes) is 2. The number of rotatable bonds is 7. The molecule has 0 saturated carbocycles. The summed E-state index contributed by atoms with van der Waals surface area (Å²) in [4.78, 5) is 11.6. The number of carbonyl (C=O) groups excluding carboxylic acids is 1. The number of alkyl halides is 1. The van der Waals surface area contributed by atoms with Crippen LogP contribution in [-0.4, -0.2) is 18.5 Å². The van der Waals surface area contributed by atoms with Crippen molar-refractivity contribution in [3.8, 4) is 0 Å². The maximum atomic E-state index is 11.6. The molecule has 0 heterocycles. The van der Waals surface area contributed by atoms with Crippen LogP contribution in [0.5, 0.6) is 0 Å². The molecule has 92 valence electrons. The predicted octanol–water partition coefficient (Wildman–Crippen LogP) is 3.90. The van der Waals surface area contributed by atoms with Crippen LogP contribution < -0.4 is 0 Å². The highest BCUT2D eigenvalue weighted by atomic mass is 35.5. The fourth-order valence-electron chi connectivity index (χ4n) is 1.38. The van der Waals surface area contributed by atoms with Gasteiger partial charge in [-0.05, 0) is 37.0 Å². The van der Waals surface area contributed by atoms with Crippen molar-refractivity contribution in [3.05, 3.63) is 42.0 Å². The zero-order valence-corrected chi connectivity index (χ0v) is 10.6. The Bertz CT molecular complexity index is 357. The van der Waals surface area contributed by atoms with E-state index in [1.165, 1.54) is 0 Å². The molecule has 0 aliphatic carbocycles. The SMILES string of the molecule is C=Cc1ccc(C(=O)OCCCCCCl)cc1. The monoisotopic (exact) mass is 252 g/mol. The molecule has 2 nitrogen and oxygen atoms in total. The Labute approximate surface area is 107 Å². The second kappa shape index (κ2) is 7.91. The van der Waals surface area contributed by atoms with Gasteiger partial charge in [0.2, 0.25) is 0 Å². The summed E-state index contributed by atoms with van der Waals surface area (Å²) >= 11 is 5.55. The molecule has 0 N–H and O–H groups in total. The lowest BCUT2D eigenvalue weighted by Gasteiger charge is -2.04. The van der Waals surface area contributed by atoms with Crippen molar-refractivity contribution >= 4 is 23.6 Å². The van der Waals surface area contributed by atoms with Gasteiger partial charge in [0.15, 0.2) is 0 Å². The minimum absolute atomic E-state index is 0.272. The fraction of sp³-hybridized carbons (Fsp3) is 0.357. The Morgan fingerprint density at radius 2 is 1.94 bits per heavy atom. The Balaban J connectivity index is 2.33.